The average molecular weight is 417 g/mol. The van der Waals surface area contributed by atoms with Crippen LogP contribution in [0.1, 0.15) is 66.9 Å². The lowest BCUT2D eigenvalue weighted by atomic mass is 9.99. The van der Waals surface area contributed by atoms with Crippen LogP contribution in [0.5, 0.6) is 5.75 Å². The van der Waals surface area contributed by atoms with E-state index in [0.717, 1.165) is 36.4 Å². The van der Waals surface area contributed by atoms with Crippen LogP contribution >= 0.6 is 0 Å². The van der Waals surface area contributed by atoms with Crippen molar-refractivity contribution in [3.63, 3.8) is 0 Å². The number of ether oxygens (including phenoxy) is 2. The molecule has 0 radical (unpaired) electrons. The summed E-state index contributed by atoms with van der Waals surface area (Å²) in [6, 6.07) is 7.35. The summed E-state index contributed by atoms with van der Waals surface area (Å²) in [6.07, 6.45) is 2.07. The number of aliphatic imine (C=N–C) groups is 1. The lowest BCUT2D eigenvalue weighted by molar-refractivity contribution is 0.0597. The zero-order chi connectivity index (χ0) is 21.9. The van der Waals surface area contributed by atoms with E-state index in [-0.39, 0.29) is 0 Å². The van der Waals surface area contributed by atoms with Crippen molar-refractivity contribution in [1.29, 1.82) is 0 Å². The Balaban J connectivity index is 2.07. The van der Waals surface area contributed by atoms with Gasteiger partial charge in [0.25, 0.3) is 0 Å². The molecule has 164 valence electrons. The monoisotopic (exact) mass is 416 g/mol. The average Bonchev–Trinajstić information content (AvgIpc) is 3.24. The molecule has 0 atom stereocenters. The summed E-state index contributed by atoms with van der Waals surface area (Å²) in [4.78, 5) is 16.6. The maximum atomic E-state index is 12.0. The normalized spacial score (nSPS) is 11.5. The second-order valence-electron chi connectivity index (χ2n) is 6.81. The minimum atomic E-state index is -0.443. The molecule has 0 amide bonds. The van der Waals surface area contributed by atoms with Crippen LogP contribution in [0.15, 0.2) is 33.8 Å². The number of guanidine groups is 1. The van der Waals surface area contributed by atoms with E-state index in [0.29, 0.717) is 36.3 Å². The molecule has 1 aromatic heterocycles. The van der Waals surface area contributed by atoms with Gasteiger partial charge in [0.15, 0.2) is 11.7 Å². The Morgan fingerprint density at radius 1 is 1.17 bits per heavy atom. The zero-order valence-corrected chi connectivity index (χ0v) is 18.4. The van der Waals surface area contributed by atoms with Crippen molar-refractivity contribution in [2.24, 2.45) is 4.99 Å². The number of esters is 1. The third kappa shape index (κ3) is 6.23. The number of hydrogen-bond donors (Lipinski definition) is 2. The van der Waals surface area contributed by atoms with Crippen molar-refractivity contribution in [2.75, 3.05) is 20.8 Å². The van der Waals surface area contributed by atoms with E-state index >= 15 is 0 Å². The first-order valence-corrected chi connectivity index (χ1v) is 10.3. The number of benzene rings is 1. The fourth-order valence-electron chi connectivity index (χ4n) is 3.12. The van der Waals surface area contributed by atoms with Gasteiger partial charge in [-0.25, -0.2) is 9.79 Å². The molecular formula is C22H32N4O4. The number of nitrogens with zero attached hydrogens (tertiary/aromatic N) is 2. The summed E-state index contributed by atoms with van der Waals surface area (Å²) in [5.41, 5.74) is 2.23. The highest BCUT2D eigenvalue weighted by Gasteiger charge is 2.14. The smallest absolute Gasteiger partial charge is 0.341 e. The maximum absolute atomic E-state index is 12.0. The molecule has 0 spiro atoms. The van der Waals surface area contributed by atoms with Crippen LogP contribution in [-0.2, 0) is 17.8 Å². The van der Waals surface area contributed by atoms with E-state index in [1.165, 1.54) is 14.2 Å². The van der Waals surface area contributed by atoms with Crippen LogP contribution in [0.4, 0.5) is 0 Å². The summed E-state index contributed by atoms with van der Waals surface area (Å²) in [7, 11) is 2.86. The van der Waals surface area contributed by atoms with Gasteiger partial charge in [-0.3, -0.25) is 0 Å². The van der Waals surface area contributed by atoms with Gasteiger partial charge in [-0.15, -0.1) is 0 Å². The predicted molar refractivity (Wildman–Crippen MR) is 116 cm³/mol. The van der Waals surface area contributed by atoms with E-state index in [1.54, 1.807) is 12.1 Å². The van der Waals surface area contributed by atoms with Crippen molar-refractivity contribution in [3.8, 4) is 5.75 Å². The summed E-state index contributed by atoms with van der Waals surface area (Å²) in [5.74, 6) is 1.86. The molecule has 30 heavy (non-hydrogen) atoms. The van der Waals surface area contributed by atoms with Gasteiger partial charge >= 0.3 is 5.97 Å². The second kappa shape index (κ2) is 11.8. The first-order chi connectivity index (χ1) is 14.6. The lowest BCUT2D eigenvalue weighted by Gasteiger charge is -2.11. The standard InChI is InChI=1S/C22H32N4O4/c1-6-16(7-2)19-12-17(30-26-19)14-25-22(23-8-3)24-13-15-9-10-20(28-4)18(11-15)21(27)29-5/h9-12,16H,6-8,13-14H2,1-5H3,(H2,23,24,25). The molecule has 2 aromatic rings. The van der Waals surface area contributed by atoms with Crippen LogP contribution in [-0.4, -0.2) is 37.8 Å². The highest BCUT2D eigenvalue weighted by Crippen LogP contribution is 2.23. The molecule has 0 saturated heterocycles. The molecule has 8 nitrogen and oxygen atoms in total. The minimum absolute atomic E-state index is 0.376. The number of rotatable bonds is 10. The van der Waals surface area contributed by atoms with Crippen LogP contribution < -0.4 is 15.4 Å². The summed E-state index contributed by atoms with van der Waals surface area (Å²) >= 11 is 0. The van der Waals surface area contributed by atoms with Crippen molar-refractivity contribution in [2.45, 2.75) is 52.6 Å². The number of aromatic nitrogens is 1. The van der Waals surface area contributed by atoms with Gasteiger partial charge in [-0.1, -0.05) is 25.1 Å². The van der Waals surface area contributed by atoms with Gasteiger partial charge in [0, 0.05) is 18.5 Å². The Kier molecular flexibility index (Phi) is 9.18. The Labute approximate surface area is 178 Å². The maximum Gasteiger partial charge on any atom is 0.341 e. The van der Waals surface area contributed by atoms with E-state index in [4.69, 9.17) is 14.0 Å². The van der Waals surface area contributed by atoms with E-state index < -0.39 is 5.97 Å². The highest BCUT2D eigenvalue weighted by atomic mass is 16.5. The first-order valence-electron chi connectivity index (χ1n) is 10.3. The Bertz CT molecular complexity index is 843. The summed E-state index contributed by atoms with van der Waals surface area (Å²) in [6.45, 7) is 7.90. The molecule has 0 unspecified atom stereocenters. The van der Waals surface area contributed by atoms with Crippen LogP contribution in [0.2, 0.25) is 0 Å². The van der Waals surface area contributed by atoms with Gasteiger partial charge in [0.1, 0.15) is 11.3 Å². The topological polar surface area (TPSA) is 98.0 Å². The van der Waals surface area contributed by atoms with Crippen LogP contribution in [0, 0.1) is 0 Å². The van der Waals surface area contributed by atoms with Gasteiger partial charge in [-0.2, -0.15) is 0 Å². The van der Waals surface area contributed by atoms with Crippen LogP contribution in [0.25, 0.3) is 0 Å². The van der Waals surface area contributed by atoms with Gasteiger partial charge in [-0.05, 0) is 37.5 Å². The SMILES string of the molecule is CCNC(=NCc1ccc(OC)c(C(=O)OC)c1)NCc1cc(C(CC)CC)no1. The molecule has 1 heterocycles. The molecular weight excluding hydrogens is 384 g/mol. The molecule has 8 heteroatoms. The number of hydrogen-bond acceptors (Lipinski definition) is 6. The largest absolute Gasteiger partial charge is 0.496 e. The third-order valence-corrected chi connectivity index (χ3v) is 4.84. The van der Waals surface area contributed by atoms with Gasteiger partial charge < -0.3 is 24.6 Å². The molecule has 0 aliphatic heterocycles. The van der Waals surface area contributed by atoms with Crippen molar-refractivity contribution >= 4 is 11.9 Å². The Morgan fingerprint density at radius 3 is 2.57 bits per heavy atom. The van der Waals surface area contributed by atoms with Gasteiger partial charge in [0.05, 0.1) is 33.0 Å². The fraction of sp³-hybridized carbons (Fsp3) is 0.500. The fourth-order valence-corrected chi connectivity index (χ4v) is 3.12. The first kappa shape index (κ1) is 23.3. The minimum Gasteiger partial charge on any atom is -0.496 e. The number of nitrogens with one attached hydrogen (secondary N) is 2. The number of carbonyl (C=O) groups is 1. The predicted octanol–water partition coefficient (Wildman–Crippen LogP) is 3.63. The van der Waals surface area contributed by atoms with E-state index in [9.17, 15) is 4.79 Å². The van der Waals surface area contributed by atoms with E-state index in [1.807, 2.05) is 19.1 Å². The van der Waals surface area contributed by atoms with Crippen molar-refractivity contribution in [1.82, 2.24) is 15.8 Å². The number of carbonyl (C=O) groups excluding carboxylic acids is 1. The van der Waals surface area contributed by atoms with Crippen LogP contribution in [0.3, 0.4) is 0 Å². The Hall–Kier alpha value is -3.03. The lowest BCUT2D eigenvalue weighted by Crippen LogP contribution is -2.36. The quantitative estimate of drug-likeness (QED) is 0.347. The molecule has 2 N–H and O–H groups in total. The Morgan fingerprint density at radius 2 is 1.93 bits per heavy atom. The molecule has 0 aliphatic rings. The second-order valence-corrected chi connectivity index (χ2v) is 6.81. The van der Waals surface area contributed by atoms with Gasteiger partial charge in [0.2, 0.25) is 0 Å². The summed E-state index contributed by atoms with van der Waals surface area (Å²) < 4.78 is 15.5. The molecule has 0 aliphatic carbocycles. The highest BCUT2D eigenvalue weighted by molar-refractivity contribution is 5.92. The molecule has 1 aromatic carbocycles. The molecule has 0 fully saturated rings. The zero-order valence-electron chi connectivity index (χ0n) is 18.4. The number of methoxy groups -OCH3 is 2. The molecule has 0 saturated carbocycles. The van der Waals surface area contributed by atoms with E-state index in [2.05, 4.69) is 34.6 Å². The third-order valence-electron chi connectivity index (χ3n) is 4.84. The summed E-state index contributed by atoms with van der Waals surface area (Å²) in [5, 5.41) is 10.7. The molecule has 2 rings (SSSR count). The van der Waals surface area contributed by atoms with Crippen molar-refractivity contribution in [3.05, 3.63) is 46.8 Å². The molecule has 0 bridgehead atoms. The van der Waals surface area contributed by atoms with Crippen molar-refractivity contribution < 1.29 is 18.8 Å².